The summed E-state index contributed by atoms with van der Waals surface area (Å²) in [6, 6.07) is 8.18. The highest BCUT2D eigenvalue weighted by Gasteiger charge is 2.17. The molecule has 1 aromatic heterocycles. The van der Waals surface area contributed by atoms with Gasteiger partial charge in [-0.15, -0.1) is 0 Å². The first-order valence-corrected chi connectivity index (χ1v) is 8.32. The number of amides is 1. The van der Waals surface area contributed by atoms with E-state index in [2.05, 4.69) is 10.3 Å². The Morgan fingerprint density at radius 3 is 2.04 bits per heavy atom. The van der Waals surface area contributed by atoms with E-state index in [1.807, 2.05) is 0 Å². The van der Waals surface area contributed by atoms with Gasteiger partial charge in [-0.05, 0) is 0 Å². The highest BCUT2D eigenvalue weighted by molar-refractivity contribution is 6.06. The molecule has 0 saturated heterocycles. The predicted molar refractivity (Wildman–Crippen MR) is 105 cm³/mol. The highest BCUT2D eigenvalue weighted by Crippen LogP contribution is 2.29. The summed E-state index contributed by atoms with van der Waals surface area (Å²) in [6.07, 6.45) is 1.36. The van der Waals surface area contributed by atoms with Crippen LogP contribution in [-0.4, -0.2) is 39.3 Å². The lowest BCUT2D eigenvalue weighted by atomic mass is 10.1. The molecule has 28 heavy (non-hydrogen) atoms. The van der Waals surface area contributed by atoms with Crippen LogP contribution >= 0.6 is 0 Å². The van der Waals surface area contributed by atoms with Crippen molar-refractivity contribution < 1.29 is 23.7 Å². The second-order valence-electron chi connectivity index (χ2n) is 5.84. The van der Waals surface area contributed by atoms with Gasteiger partial charge in [0.05, 0.1) is 39.3 Å². The van der Waals surface area contributed by atoms with Gasteiger partial charge in [-0.2, -0.15) is 0 Å². The number of rotatable bonds is 6. The van der Waals surface area contributed by atoms with Gasteiger partial charge in [0.25, 0.3) is 5.91 Å². The Hall–Kier alpha value is -3.68. The normalized spacial score (nSPS) is 10.4. The number of hydrogen-bond donors (Lipinski definition) is 2. The molecule has 3 aromatic rings. The van der Waals surface area contributed by atoms with Gasteiger partial charge in [-0.25, -0.2) is 0 Å². The van der Waals surface area contributed by atoms with Gasteiger partial charge in [-0.1, -0.05) is 0 Å². The number of fused-ring (bicyclic) bond motifs is 1. The van der Waals surface area contributed by atoms with Crippen molar-refractivity contribution in [3.05, 3.63) is 52.3 Å². The summed E-state index contributed by atoms with van der Waals surface area (Å²) < 4.78 is 20.9. The van der Waals surface area contributed by atoms with Crippen LogP contribution in [0.4, 0.5) is 5.69 Å². The summed E-state index contributed by atoms with van der Waals surface area (Å²) in [7, 11) is 5.98. The monoisotopic (exact) mass is 384 g/mol. The zero-order chi connectivity index (χ0) is 20.3. The maximum absolute atomic E-state index is 12.9. The number of ether oxygens (including phenoxy) is 4. The molecule has 0 bridgehead atoms. The molecule has 0 spiro atoms. The van der Waals surface area contributed by atoms with Crippen LogP contribution in [-0.2, 0) is 0 Å². The minimum Gasteiger partial charge on any atom is -0.497 e. The average molecular weight is 384 g/mol. The quantitative estimate of drug-likeness (QED) is 0.678. The summed E-state index contributed by atoms with van der Waals surface area (Å²) >= 11 is 0. The molecule has 2 N–H and O–H groups in total. The first kappa shape index (κ1) is 19.1. The van der Waals surface area contributed by atoms with Gasteiger partial charge >= 0.3 is 0 Å². The molecule has 0 aliphatic rings. The van der Waals surface area contributed by atoms with Gasteiger partial charge in [0.15, 0.2) is 0 Å². The van der Waals surface area contributed by atoms with Crippen molar-refractivity contribution in [2.75, 3.05) is 33.8 Å². The third kappa shape index (κ3) is 3.57. The number of methoxy groups -OCH3 is 4. The van der Waals surface area contributed by atoms with Crippen LogP contribution < -0.4 is 29.7 Å². The molecule has 0 aliphatic heterocycles. The highest BCUT2D eigenvalue weighted by atomic mass is 16.5. The van der Waals surface area contributed by atoms with Gasteiger partial charge in [0.1, 0.15) is 28.6 Å². The van der Waals surface area contributed by atoms with Crippen molar-refractivity contribution >= 4 is 22.5 Å². The number of anilines is 1. The number of aromatic amines is 1. The Bertz CT molecular complexity index is 1070. The summed E-state index contributed by atoms with van der Waals surface area (Å²) in [4.78, 5) is 28.6. The molecule has 8 nitrogen and oxygen atoms in total. The molecule has 0 atom stereocenters. The molecule has 3 rings (SSSR count). The molecule has 8 heteroatoms. The summed E-state index contributed by atoms with van der Waals surface area (Å²) in [6.45, 7) is 0. The van der Waals surface area contributed by atoms with Crippen molar-refractivity contribution in [3.63, 3.8) is 0 Å². The topological polar surface area (TPSA) is 98.9 Å². The number of carbonyl (C=O) groups is 1. The van der Waals surface area contributed by atoms with Crippen LogP contribution in [0.5, 0.6) is 23.0 Å². The lowest BCUT2D eigenvalue weighted by Gasteiger charge is -2.11. The van der Waals surface area contributed by atoms with Crippen LogP contribution in [0.25, 0.3) is 10.9 Å². The number of hydrogen-bond acceptors (Lipinski definition) is 6. The first-order valence-electron chi connectivity index (χ1n) is 8.32. The van der Waals surface area contributed by atoms with E-state index in [9.17, 15) is 9.59 Å². The van der Waals surface area contributed by atoms with Crippen LogP contribution in [0.3, 0.4) is 0 Å². The van der Waals surface area contributed by atoms with E-state index in [0.717, 1.165) is 0 Å². The molecule has 1 amide bonds. The number of aromatic nitrogens is 1. The lowest BCUT2D eigenvalue weighted by Crippen LogP contribution is -2.22. The maximum atomic E-state index is 12.9. The molecular formula is C20H20N2O6. The summed E-state index contributed by atoms with van der Waals surface area (Å²) in [5.74, 6) is 1.29. The number of nitrogens with one attached hydrogen (secondary N) is 2. The van der Waals surface area contributed by atoms with Crippen molar-refractivity contribution in [2.24, 2.45) is 0 Å². The van der Waals surface area contributed by atoms with Crippen LogP contribution in [0.2, 0.25) is 0 Å². The van der Waals surface area contributed by atoms with Crippen molar-refractivity contribution in [1.29, 1.82) is 0 Å². The maximum Gasteiger partial charge on any atom is 0.261 e. The molecule has 0 unspecified atom stereocenters. The Morgan fingerprint density at radius 2 is 1.46 bits per heavy atom. The zero-order valence-corrected chi connectivity index (χ0v) is 15.9. The smallest absolute Gasteiger partial charge is 0.261 e. The van der Waals surface area contributed by atoms with E-state index >= 15 is 0 Å². The average Bonchev–Trinajstić information content (AvgIpc) is 2.72. The second kappa shape index (κ2) is 7.91. The molecule has 2 aromatic carbocycles. The Kier molecular flexibility index (Phi) is 5.39. The molecular weight excluding hydrogens is 364 g/mol. The fourth-order valence-corrected chi connectivity index (χ4v) is 2.81. The fraction of sp³-hybridized carbons (Fsp3) is 0.200. The number of carbonyl (C=O) groups excluding carboxylic acids is 1. The SMILES string of the molecule is COc1cc(NC(=O)c2c[nH]c3cc(OC)cc(OC)c3c2=O)cc(OC)c1. The third-order valence-electron chi connectivity index (χ3n) is 4.23. The van der Waals surface area contributed by atoms with Crippen LogP contribution in [0.1, 0.15) is 10.4 Å². The van der Waals surface area contributed by atoms with E-state index in [4.69, 9.17) is 18.9 Å². The number of H-pyrrole nitrogens is 1. The molecule has 0 fully saturated rings. The Morgan fingerprint density at radius 1 is 0.857 bits per heavy atom. The van der Waals surface area contributed by atoms with Crippen LogP contribution in [0, 0.1) is 0 Å². The van der Waals surface area contributed by atoms with Crippen molar-refractivity contribution in [3.8, 4) is 23.0 Å². The fourth-order valence-electron chi connectivity index (χ4n) is 2.81. The number of pyridine rings is 1. The van der Waals surface area contributed by atoms with E-state index in [-0.39, 0.29) is 10.9 Å². The van der Waals surface area contributed by atoms with Crippen molar-refractivity contribution in [2.45, 2.75) is 0 Å². The molecule has 1 heterocycles. The van der Waals surface area contributed by atoms with Gasteiger partial charge in [0.2, 0.25) is 5.43 Å². The van der Waals surface area contributed by atoms with Gasteiger partial charge in [0, 0.05) is 42.2 Å². The van der Waals surface area contributed by atoms with Crippen LogP contribution in [0.15, 0.2) is 41.3 Å². The Labute approximate surface area is 161 Å². The largest absolute Gasteiger partial charge is 0.497 e. The summed E-state index contributed by atoms with van der Waals surface area (Å²) in [5.41, 5.74) is 0.418. The minimum absolute atomic E-state index is 0.0576. The molecule has 0 aliphatic carbocycles. The molecule has 146 valence electrons. The molecule has 0 radical (unpaired) electrons. The summed E-state index contributed by atoms with van der Waals surface area (Å²) in [5, 5.41) is 2.95. The van der Waals surface area contributed by atoms with Gasteiger partial charge in [-0.3, -0.25) is 9.59 Å². The van der Waals surface area contributed by atoms with Gasteiger partial charge < -0.3 is 29.2 Å². The predicted octanol–water partition coefficient (Wildman–Crippen LogP) is 2.81. The second-order valence-corrected chi connectivity index (χ2v) is 5.84. The minimum atomic E-state index is -0.573. The lowest BCUT2D eigenvalue weighted by molar-refractivity contribution is 0.102. The van der Waals surface area contributed by atoms with Crippen molar-refractivity contribution in [1.82, 2.24) is 4.98 Å². The first-order chi connectivity index (χ1) is 13.5. The van der Waals surface area contributed by atoms with E-state index < -0.39 is 11.3 Å². The van der Waals surface area contributed by atoms with E-state index in [1.54, 1.807) is 30.3 Å². The Balaban J connectivity index is 2.03. The third-order valence-corrected chi connectivity index (χ3v) is 4.23. The number of benzene rings is 2. The zero-order valence-electron chi connectivity index (χ0n) is 15.9. The van der Waals surface area contributed by atoms with E-state index in [0.29, 0.717) is 34.2 Å². The van der Waals surface area contributed by atoms with E-state index in [1.165, 1.54) is 34.6 Å². The molecule has 0 saturated carbocycles. The standard InChI is InChI=1S/C20H20N2O6/c1-25-12-5-11(6-13(7-12)26-2)22-20(24)15-10-21-16-8-14(27-3)9-17(28-4)18(16)19(15)23/h5-10H,1-4H3,(H,21,23)(H,22,24).